The lowest BCUT2D eigenvalue weighted by Gasteiger charge is -2.47. The highest BCUT2D eigenvalue weighted by Gasteiger charge is 2.49. The number of non-ortho nitro benzene ring substituents is 1. The van der Waals surface area contributed by atoms with Crippen LogP contribution in [0.15, 0.2) is 18.2 Å². The van der Waals surface area contributed by atoms with Crippen molar-refractivity contribution in [2.75, 3.05) is 0 Å². The fourth-order valence-electron chi connectivity index (χ4n) is 3.95. The molecule has 1 fully saturated rings. The highest BCUT2D eigenvalue weighted by atomic mass is 35.5. The van der Waals surface area contributed by atoms with Gasteiger partial charge in [0.2, 0.25) is 0 Å². The topological polar surface area (TPSA) is 75.8 Å². The summed E-state index contributed by atoms with van der Waals surface area (Å²) in [4.78, 5) is 13.0. The Balaban J connectivity index is 0.00000208. The van der Waals surface area contributed by atoms with Crippen LogP contribution in [-0.2, 0) is 0 Å². The molecule has 2 aliphatic heterocycles. The van der Waals surface area contributed by atoms with Crippen molar-refractivity contribution in [3.8, 4) is 5.75 Å². The predicted molar refractivity (Wildman–Crippen MR) is 93.8 cm³/mol. The van der Waals surface area contributed by atoms with E-state index in [0.717, 1.165) is 12.8 Å². The molecule has 0 aromatic heterocycles. The number of halogens is 1. The fraction of sp³-hybridized carbons (Fsp3) is 0.647. The smallest absolute Gasteiger partial charge is 0.270 e. The molecule has 0 radical (unpaired) electrons. The van der Waals surface area contributed by atoms with Gasteiger partial charge in [0.1, 0.15) is 17.5 Å². The van der Waals surface area contributed by atoms with Gasteiger partial charge in [-0.05, 0) is 46.6 Å². The number of hydrogen-bond donors (Lipinski definition) is 1. The fourth-order valence-corrected chi connectivity index (χ4v) is 3.95. The average Bonchev–Trinajstić information content (AvgIpc) is 2.79. The van der Waals surface area contributed by atoms with Crippen LogP contribution in [0.3, 0.4) is 0 Å². The van der Waals surface area contributed by atoms with Gasteiger partial charge in [0, 0.05) is 29.8 Å². The second-order valence-electron chi connectivity index (χ2n) is 7.30. The van der Waals surface area contributed by atoms with Gasteiger partial charge in [0.25, 0.3) is 5.69 Å². The number of fused-ring (bicyclic) bond motifs is 1. The van der Waals surface area contributed by atoms with Crippen LogP contribution < -0.4 is 4.74 Å². The van der Waals surface area contributed by atoms with Crippen LogP contribution in [0.2, 0.25) is 0 Å². The molecule has 4 unspecified atom stereocenters. The molecule has 7 heteroatoms. The van der Waals surface area contributed by atoms with Crippen molar-refractivity contribution in [3.05, 3.63) is 33.9 Å². The van der Waals surface area contributed by atoms with Crippen LogP contribution in [0.1, 0.15) is 52.1 Å². The molecule has 0 spiro atoms. The summed E-state index contributed by atoms with van der Waals surface area (Å²) in [7, 11) is 0. The van der Waals surface area contributed by atoms with Crippen LogP contribution in [0, 0.1) is 10.1 Å². The van der Waals surface area contributed by atoms with E-state index in [-0.39, 0.29) is 24.1 Å². The lowest BCUT2D eigenvalue weighted by atomic mass is 9.84. The Kier molecular flexibility index (Phi) is 5.14. The highest BCUT2D eigenvalue weighted by Crippen LogP contribution is 2.47. The summed E-state index contributed by atoms with van der Waals surface area (Å²) >= 11 is 0. The second kappa shape index (κ2) is 6.50. The largest absolute Gasteiger partial charge is 0.485 e. The number of hydrogen-bond acceptors (Lipinski definition) is 5. The molecule has 0 bridgehead atoms. The van der Waals surface area contributed by atoms with Crippen LogP contribution in [0.4, 0.5) is 5.69 Å². The average molecular weight is 357 g/mol. The van der Waals surface area contributed by atoms with E-state index in [1.807, 2.05) is 13.8 Å². The van der Waals surface area contributed by atoms with E-state index in [1.165, 1.54) is 6.07 Å². The van der Waals surface area contributed by atoms with Gasteiger partial charge in [-0.3, -0.25) is 15.0 Å². The molecule has 24 heavy (non-hydrogen) atoms. The quantitative estimate of drug-likeness (QED) is 0.648. The Morgan fingerprint density at radius 1 is 1.29 bits per heavy atom. The molecule has 6 nitrogen and oxygen atoms in total. The van der Waals surface area contributed by atoms with Gasteiger partial charge in [-0.25, -0.2) is 0 Å². The molecule has 1 aromatic carbocycles. The molecular formula is C17H25ClN2O4. The molecule has 4 atom stereocenters. The van der Waals surface area contributed by atoms with E-state index in [0.29, 0.717) is 23.4 Å². The number of rotatable bonds is 2. The van der Waals surface area contributed by atoms with E-state index in [4.69, 9.17) is 4.74 Å². The normalized spacial score (nSPS) is 31.7. The van der Waals surface area contributed by atoms with Crippen molar-refractivity contribution in [3.63, 3.8) is 0 Å². The van der Waals surface area contributed by atoms with Crippen LogP contribution in [0.25, 0.3) is 0 Å². The molecular weight excluding hydrogens is 332 g/mol. The third-order valence-corrected chi connectivity index (χ3v) is 5.25. The maximum atomic E-state index is 11.1. The number of nitro groups is 1. The summed E-state index contributed by atoms with van der Waals surface area (Å²) in [5, 5.41) is 22.1. The molecule has 1 N–H and O–H groups in total. The number of aliphatic hydroxyl groups is 1. The van der Waals surface area contributed by atoms with Crippen molar-refractivity contribution < 1.29 is 14.8 Å². The van der Waals surface area contributed by atoms with Gasteiger partial charge in [-0.15, -0.1) is 12.4 Å². The van der Waals surface area contributed by atoms with Crippen molar-refractivity contribution in [1.82, 2.24) is 4.90 Å². The zero-order chi connectivity index (χ0) is 16.9. The van der Waals surface area contributed by atoms with E-state index in [2.05, 4.69) is 18.7 Å². The molecule has 1 aromatic rings. The van der Waals surface area contributed by atoms with Gasteiger partial charge in [-0.2, -0.15) is 0 Å². The number of benzene rings is 1. The van der Waals surface area contributed by atoms with Crippen LogP contribution >= 0.6 is 12.4 Å². The maximum Gasteiger partial charge on any atom is 0.270 e. The third-order valence-electron chi connectivity index (χ3n) is 5.25. The molecule has 2 aliphatic rings. The Hall–Kier alpha value is -1.37. The number of aliphatic hydroxyl groups excluding tert-OH is 1. The Bertz CT molecular complexity index is 627. The van der Waals surface area contributed by atoms with Crippen molar-refractivity contribution in [1.29, 1.82) is 0 Å². The Morgan fingerprint density at radius 2 is 1.88 bits per heavy atom. The second-order valence-corrected chi connectivity index (χ2v) is 7.30. The first kappa shape index (κ1) is 19.0. The molecule has 2 heterocycles. The minimum Gasteiger partial charge on any atom is -0.485 e. The number of nitro benzene ring substituents is 1. The number of ether oxygens (including phenoxy) is 1. The maximum absolute atomic E-state index is 11.1. The number of likely N-dealkylation sites (tertiary alicyclic amines) is 1. The van der Waals surface area contributed by atoms with Crippen molar-refractivity contribution >= 4 is 18.1 Å². The van der Waals surface area contributed by atoms with Gasteiger partial charge < -0.3 is 9.84 Å². The zero-order valence-corrected chi connectivity index (χ0v) is 15.2. The highest BCUT2D eigenvalue weighted by molar-refractivity contribution is 5.85. The van der Waals surface area contributed by atoms with E-state index in [9.17, 15) is 15.2 Å². The molecule has 0 amide bonds. The minimum absolute atomic E-state index is 0. The summed E-state index contributed by atoms with van der Waals surface area (Å²) in [6, 6.07) is 5.02. The summed E-state index contributed by atoms with van der Waals surface area (Å²) in [5.41, 5.74) is 0.00548. The van der Waals surface area contributed by atoms with Crippen molar-refractivity contribution in [2.24, 2.45) is 0 Å². The minimum atomic E-state index is -0.750. The predicted octanol–water partition coefficient (Wildman–Crippen LogP) is 3.46. The molecule has 0 aliphatic carbocycles. The lowest BCUT2D eigenvalue weighted by Crippen LogP contribution is -2.55. The standard InChI is InChI=1S/C17H24N2O4.ClH/c1-10-5-6-11(2)18(10)15-13-9-12(19(21)22)7-8-14(13)23-17(3,4)16(15)20;/h7-11,15-16,20H,5-6H2,1-4H3;1H. The SMILES string of the molecule is CC1CCC(C)N1C1c2cc([N+](=O)[O-])ccc2OC(C)(C)C1O.Cl. The van der Waals surface area contributed by atoms with Gasteiger partial charge in [-0.1, -0.05) is 0 Å². The van der Waals surface area contributed by atoms with Gasteiger partial charge in [0.05, 0.1) is 11.0 Å². The first-order valence-corrected chi connectivity index (χ1v) is 8.15. The van der Waals surface area contributed by atoms with Crippen LogP contribution in [-0.4, -0.2) is 38.7 Å². The Morgan fingerprint density at radius 3 is 2.42 bits per heavy atom. The van der Waals surface area contributed by atoms with E-state index in [1.54, 1.807) is 12.1 Å². The van der Waals surface area contributed by atoms with Crippen LogP contribution in [0.5, 0.6) is 5.75 Å². The van der Waals surface area contributed by atoms with Gasteiger partial charge in [0.15, 0.2) is 0 Å². The first-order chi connectivity index (χ1) is 10.7. The number of nitrogens with zero attached hydrogens (tertiary/aromatic N) is 2. The van der Waals surface area contributed by atoms with Crippen molar-refractivity contribution in [2.45, 2.75) is 70.4 Å². The summed E-state index contributed by atoms with van der Waals surface area (Å²) in [6.07, 6.45) is 1.38. The summed E-state index contributed by atoms with van der Waals surface area (Å²) < 4.78 is 5.93. The monoisotopic (exact) mass is 356 g/mol. The van der Waals surface area contributed by atoms with Gasteiger partial charge >= 0.3 is 0 Å². The first-order valence-electron chi connectivity index (χ1n) is 8.15. The van der Waals surface area contributed by atoms with E-state index >= 15 is 0 Å². The summed E-state index contributed by atoms with van der Waals surface area (Å²) in [6.45, 7) is 8.02. The molecule has 3 rings (SSSR count). The summed E-state index contributed by atoms with van der Waals surface area (Å²) in [5.74, 6) is 0.627. The zero-order valence-electron chi connectivity index (χ0n) is 14.4. The third kappa shape index (κ3) is 2.98. The lowest BCUT2D eigenvalue weighted by molar-refractivity contribution is -0.385. The Labute approximate surface area is 148 Å². The molecule has 1 saturated heterocycles. The van der Waals surface area contributed by atoms with E-state index < -0.39 is 16.6 Å². The molecule has 134 valence electrons. The molecule has 0 saturated carbocycles.